The van der Waals surface area contributed by atoms with Crippen molar-refractivity contribution in [1.82, 2.24) is 0 Å². The number of allylic oxidation sites excluding steroid dienone is 4. The van der Waals surface area contributed by atoms with Gasteiger partial charge >= 0.3 is 5.97 Å². The molecule has 0 radical (unpaired) electrons. The second-order valence-corrected chi connectivity index (χ2v) is 9.35. The van der Waals surface area contributed by atoms with Crippen LogP contribution in [0.15, 0.2) is 35.9 Å². The molecule has 1 aromatic rings. The Kier molecular flexibility index (Phi) is 4.95. The minimum absolute atomic E-state index is 0.00615. The van der Waals surface area contributed by atoms with E-state index in [0.717, 1.165) is 31.4 Å². The number of carbonyl (C=O) groups is 3. The van der Waals surface area contributed by atoms with Crippen LogP contribution in [0.1, 0.15) is 56.3 Å². The van der Waals surface area contributed by atoms with Gasteiger partial charge in [0, 0.05) is 17.3 Å². The third-order valence-corrected chi connectivity index (χ3v) is 7.63. The van der Waals surface area contributed by atoms with Gasteiger partial charge in [-0.3, -0.25) is 9.59 Å². The van der Waals surface area contributed by atoms with E-state index < -0.39 is 34.4 Å². The number of ketones is 1. The van der Waals surface area contributed by atoms with Crippen molar-refractivity contribution in [1.29, 1.82) is 0 Å². The zero-order valence-electron chi connectivity index (χ0n) is 17.6. The summed E-state index contributed by atoms with van der Waals surface area (Å²) >= 11 is 0. The number of carboxylic acids is 1. The maximum absolute atomic E-state index is 12.9. The van der Waals surface area contributed by atoms with Crippen LogP contribution < -0.4 is 5.32 Å². The van der Waals surface area contributed by atoms with Crippen LogP contribution in [-0.2, 0) is 9.59 Å². The first-order chi connectivity index (χ1) is 14.6. The van der Waals surface area contributed by atoms with Gasteiger partial charge in [-0.15, -0.1) is 0 Å². The Morgan fingerprint density at radius 1 is 1.26 bits per heavy atom. The second-order valence-electron chi connectivity index (χ2n) is 9.35. The van der Waals surface area contributed by atoms with Crippen molar-refractivity contribution in [3.05, 3.63) is 41.5 Å². The summed E-state index contributed by atoms with van der Waals surface area (Å²) in [6.45, 7) is 4.09. The summed E-state index contributed by atoms with van der Waals surface area (Å²) in [6.07, 6.45) is 9.41. The summed E-state index contributed by atoms with van der Waals surface area (Å²) < 4.78 is 0. The number of fused-ring (bicyclic) bond motifs is 1. The molecule has 0 unspecified atom stereocenters. The molecule has 7 nitrogen and oxygen atoms in total. The van der Waals surface area contributed by atoms with Gasteiger partial charge in [0.05, 0.1) is 0 Å². The zero-order valence-corrected chi connectivity index (χ0v) is 17.6. The van der Waals surface area contributed by atoms with Gasteiger partial charge in [-0.05, 0) is 62.7 Å². The van der Waals surface area contributed by atoms with Crippen LogP contribution in [0.5, 0.6) is 11.5 Å². The highest BCUT2D eigenvalue weighted by molar-refractivity contribution is 6.00. The van der Waals surface area contributed by atoms with Gasteiger partial charge < -0.3 is 20.6 Å². The lowest BCUT2D eigenvalue weighted by Gasteiger charge is -2.56. The van der Waals surface area contributed by atoms with E-state index in [9.17, 15) is 24.6 Å². The van der Waals surface area contributed by atoms with Crippen molar-refractivity contribution in [2.75, 3.05) is 5.32 Å². The van der Waals surface area contributed by atoms with E-state index in [-0.39, 0.29) is 29.2 Å². The first-order valence-corrected chi connectivity index (χ1v) is 10.6. The number of carbonyl (C=O) groups excluding carboxylic acids is 2. The fourth-order valence-corrected chi connectivity index (χ4v) is 5.79. The highest BCUT2D eigenvalue weighted by Gasteiger charge is 2.56. The summed E-state index contributed by atoms with van der Waals surface area (Å²) in [4.78, 5) is 36.8. The van der Waals surface area contributed by atoms with Crippen LogP contribution in [0.2, 0.25) is 0 Å². The van der Waals surface area contributed by atoms with Crippen LogP contribution in [0.25, 0.3) is 0 Å². The minimum Gasteiger partial charge on any atom is -0.506 e. The fraction of sp³-hybridized carbons (Fsp3) is 0.458. The van der Waals surface area contributed by atoms with Crippen molar-refractivity contribution in [3.63, 3.8) is 0 Å². The summed E-state index contributed by atoms with van der Waals surface area (Å²) in [7, 11) is 0. The van der Waals surface area contributed by atoms with E-state index in [0.29, 0.717) is 12.3 Å². The molecule has 31 heavy (non-hydrogen) atoms. The van der Waals surface area contributed by atoms with Gasteiger partial charge in [-0.2, -0.15) is 0 Å². The Hall–Kier alpha value is -3.09. The van der Waals surface area contributed by atoms with Gasteiger partial charge in [-0.1, -0.05) is 24.6 Å². The molecule has 1 saturated carbocycles. The van der Waals surface area contributed by atoms with Gasteiger partial charge in [0.1, 0.15) is 17.0 Å². The number of anilines is 1. The summed E-state index contributed by atoms with van der Waals surface area (Å²) in [5.74, 6) is -2.37. The summed E-state index contributed by atoms with van der Waals surface area (Å²) in [5, 5.41) is 31.6. The normalized spacial score (nSPS) is 31.2. The van der Waals surface area contributed by atoms with Crippen LogP contribution in [0.3, 0.4) is 0 Å². The van der Waals surface area contributed by atoms with E-state index in [1.807, 2.05) is 13.0 Å². The van der Waals surface area contributed by atoms with E-state index in [1.165, 1.54) is 5.57 Å². The largest absolute Gasteiger partial charge is 0.506 e. The Bertz CT molecular complexity index is 1040. The predicted octanol–water partition coefficient (Wildman–Crippen LogP) is 4.02. The number of benzene rings is 1. The average molecular weight is 425 g/mol. The molecule has 7 heteroatoms. The standard InChI is InChI=1S/C24H27NO6/c1-13-12-24-9-5-14(13)11-17(24)23(2,18(27)6-10-24)8-7-19(28)25-20-16(26)4-3-15(21(20)29)22(30)31/h3-4,6,10,12,14,17,26,29H,5,7-9,11H2,1-2H3,(H,25,28)(H,30,31)/t14-,17-,23-,24+/m0/s1. The number of hydrogen-bond donors (Lipinski definition) is 4. The lowest BCUT2D eigenvalue weighted by atomic mass is 9.46. The number of phenolic OH excluding ortho intramolecular Hbond substituents is 1. The molecule has 0 aromatic heterocycles. The van der Waals surface area contributed by atoms with E-state index in [2.05, 4.69) is 18.3 Å². The molecule has 4 aliphatic rings. The molecule has 1 spiro atoms. The van der Waals surface area contributed by atoms with Crippen molar-refractivity contribution >= 4 is 23.3 Å². The third kappa shape index (κ3) is 3.32. The average Bonchev–Trinajstić information content (AvgIpc) is 2.72. The molecule has 164 valence electrons. The number of hydrogen-bond acceptors (Lipinski definition) is 5. The lowest BCUT2D eigenvalue weighted by molar-refractivity contribution is -0.133. The minimum atomic E-state index is -1.37. The van der Waals surface area contributed by atoms with Crippen molar-refractivity contribution in [2.45, 2.75) is 46.0 Å². The Labute approximate surface area is 180 Å². The van der Waals surface area contributed by atoms with Gasteiger partial charge in [0.25, 0.3) is 0 Å². The number of phenols is 2. The van der Waals surface area contributed by atoms with Crippen molar-refractivity contribution in [2.24, 2.45) is 22.7 Å². The van der Waals surface area contributed by atoms with Crippen LogP contribution in [-0.4, -0.2) is 33.0 Å². The Morgan fingerprint density at radius 2 is 2.00 bits per heavy atom. The molecule has 0 heterocycles. The van der Waals surface area contributed by atoms with Crippen LogP contribution in [0, 0.1) is 22.7 Å². The SMILES string of the molecule is CC1=C[C@@]23C=CC(=O)[C@@](C)(CCC(=O)Nc4c(O)ccc(C(=O)O)c4O)[C@@H]2C[C@@H]1CC3. The number of aromatic hydroxyl groups is 2. The summed E-state index contributed by atoms with van der Waals surface area (Å²) in [6, 6.07) is 2.16. The van der Waals surface area contributed by atoms with E-state index in [1.54, 1.807) is 6.08 Å². The van der Waals surface area contributed by atoms with Gasteiger partial charge in [0.15, 0.2) is 11.5 Å². The number of carboxylic acid groups (broad SMARTS) is 1. The molecule has 1 amide bonds. The number of nitrogens with one attached hydrogen (secondary N) is 1. The zero-order chi connectivity index (χ0) is 22.6. The molecule has 0 aliphatic heterocycles. The topological polar surface area (TPSA) is 124 Å². The predicted molar refractivity (Wildman–Crippen MR) is 114 cm³/mol. The van der Waals surface area contributed by atoms with Crippen molar-refractivity contribution in [3.8, 4) is 11.5 Å². The Morgan fingerprint density at radius 3 is 2.68 bits per heavy atom. The van der Waals surface area contributed by atoms with Gasteiger partial charge in [0.2, 0.25) is 5.91 Å². The lowest BCUT2D eigenvalue weighted by Crippen LogP contribution is -2.52. The van der Waals surface area contributed by atoms with Crippen LogP contribution in [0.4, 0.5) is 5.69 Å². The van der Waals surface area contributed by atoms with E-state index >= 15 is 0 Å². The smallest absolute Gasteiger partial charge is 0.339 e. The molecule has 5 rings (SSSR count). The molecular formula is C24H27NO6. The maximum atomic E-state index is 12.9. The molecular weight excluding hydrogens is 398 g/mol. The quantitative estimate of drug-likeness (QED) is 0.417. The highest BCUT2D eigenvalue weighted by Crippen LogP contribution is 2.61. The third-order valence-electron chi connectivity index (χ3n) is 7.63. The van der Waals surface area contributed by atoms with Crippen LogP contribution >= 0.6 is 0 Å². The Balaban J connectivity index is 1.53. The monoisotopic (exact) mass is 425 g/mol. The molecule has 0 saturated heterocycles. The molecule has 4 atom stereocenters. The number of amides is 1. The van der Waals surface area contributed by atoms with Gasteiger partial charge in [-0.25, -0.2) is 4.79 Å². The number of rotatable bonds is 5. The van der Waals surface area contributed by atoms with Crippen molar-refractivity contribution < 1.29 is 29.7 Å². The molecule has 1 aromatic carbocycles. The second kappa shape index (κ2) is 7.25. The first kappa shape index (κ1) is 21.2. The molecule has 2 bridgehead atoms. The molecule has 1 fully saturated rings. The summed E-state index contributed by atoms with van der Waals surface area (Å²) in [5.41, 5.74) is -0.197. The maximum Gasteiger partial charge on any atom is 0.339 e. The number of aromatic carboxylic acids is 1. The van der Waals surface area contributed by atoms with E-state index in [4.69, 9.17) is 5.11 Å². The highest BCUT2D eigenvalue weighted by atomic mass is 16.4. The molecule has 4 aliphatic carbocycles. The first-order valence-electron chi connectivity index (χ1n) is 10.6. The fourth-order valence-electron chi connectivity index (χ4n) is 5.79. The molecule has 4 N–H and O–H groups in total.